The number of rotatable bonds is 4. The standard InChI is InChI=1S/C10H20N4/c1-5-14-9(11-8-13-14)6-7-12-10(2,3)4/h8,12H,5-7H2,1-4H3. The highest BCUT2D eigenvalue weighted by Crippen LogP contribution is 1.99. The molecule has 1 aromatic rings. The summed E-state index contributed by atoms with van der Waals surface area (Å²) in [5, 5.41) is 7.56. The van der Waals surface area contributed by atoms with Crippen LogP contribution in [0.25, 0.3) is 0 Å². The number of hydrogen-bond acceptors (Lipinski definition) is 3. The summed E-state index contributed by atoms with van der Waals surface area (Å²) >= 11 is 0. The highest BCUT2D eigenvalue weighted by atomic mass is 15.3. The summed E-state index contributed by atoms with van der Waals surface area (Å²) in [6, 6.07) is 0. The van der Waals surface area contributed by atoms with Gasteiger partial charge in [0.2, 0.25) is 0 Å². The van der Waals surface area contributed by atoms with Crippen LogP contribution in [-0.4, -0.2) is 26.8 Å². The van der Waals surface area contributed by atoms with Crippen molar-refractivity contribution in [3.05, 3.63) is 12.2 Å². The Morgan fingerprint density at radius 1 is 1.43 bits per heavy atom. The van der Waals surface area contributed by atoms with Gasteiger partial charge in [-0.15, -0.1) is 0 Å². The van der Waals surface area contributed by atoms with E-state index in [2.05, 4.69) is 43.1 Å². The molecule has 4 nitrogen and oxygen atoms in total. The number of aromatic nitrogens is 3. The lowest BCUT2D eigenvalue weighted by Crippen LogP contribution is -2.37. The van der Waals surface area contributed by atoms with E-state index < -0.39 is 0 Å². The van der Waals surface area contributed by atoms with Crippen LogP contribution in [0.2, 0.25) is 0 Å². The molecule has 0 aliphatic carbocycles. The fraction of sp³-hybridized carbons (Fsp3) is 0.800. The van der Waals surface area contributed by atoms with Gasteiger partial charge in [0.1, 0.15) is 12.2 Å². The average Bonchev–Trinajstić information content (AvgIpc) is 2.49. The van der Waals surface area contributed by atoms with Crippen LogP contribution in [0.1, 0.15) is 33.5 Å². The Morgan fingerprint density at radius 2 is 2.14 bits per heavy atom. The molecule has 0 fully saturated rings. The lowest BCUT2D eigenvalue weighted by Gasteiger charge is -2.20. The summed E-state index contributed by atoms with van der Waals surface area (Å²) in [7, 11) is 0. The van der Waals surface area contributed by atoms with Gasteiger partial charge in [-0.25, -0.2) is 4.98 Å². The van der Waals surface area contributed by atoms with E-state index in [9.17, 15) is 0 Å². The largest absolute Gasteiger partial charge is 0.312 e. The zero-order valence-corrected chi connectivity index (χ0v) is 9.54. The molecule has 1 rings (SSSR count). The highest BCUT2D eigenvalue weighted by Gasteiger charge is 2.09. The minimum atomic E-state index is 0.178. The van der Waals surface area contributed by atoms with Gasteiger partial charge < -0.3 is 5.32 Å². The van der Waals surface area contributed by atoms with Crippen LogP contribution >= 0.6 is 0 Å². The molecule has 0 bridgehead atoms. The molecule has 0 unspecified atom stereocenters. The lowest BCUT2D eigenvalue weighted by atomic mass is 10.1. The molecule has 0 amide bonds. The average molecular weight is 196 g/mol. The monoisotopic (exact) mass is 196 g/mol. The molecule has 0 saturated heterocycles. The molecular formula is C10H20N4. The predicted octanol–water partition coefficient (Wildman–Crippen LogP) is 1.23. The van der Waals surface area contributed by atoms with Crippen LogP contribution in [0.3, 0.4) is 0 Å². The number of hydrogen-bond donors (Lipinski definition) is 1. The maximum atomic E-state index is 4.22. The SMILES string of the molecule is CCn1ncnc1CCNC(C)(C)C. The van der Waals surface area contributed by atoms with E-state index in [1.54, 1.807) is 6.33 Å². The number of aryl methyl sites for hydroxylation is 1. The first-order valence-corrected chi connectivity index (χ1v) is 5.14. The summed E-state index contributed by atoms with van der Waals surface area (Å²) in [6.45, 7) is 10.4. The van der Waals surface area contributed by atoms with E-state index in [1.807, 2.05) is 4.68 Å². The maximum Gasteiger partial charge on any atom is 0.138 e. The first-order chi connectivity index (χ1) is 6.53. The molecule has 0 radical (unpaired) electrons. The Morgan fingerprint density at radius 3 is 2.71 bits per heavy atom. The van der Waals surface area contributed by atoms with Crippen molar-refractivity contribution in [1.29, 1.82) is 0 Å². The molecule has 0 aliphatic rings. The van der Waals surface area contributed by atoms with Gasteiger partial charge in [-0.1, -0.05) is 0 Å². The van der Waals surface area contributed by atoms with Crippen LogP contribution in [0.5, 0.6) is 0 Å². The third kappa shape index (κ3) is 3.46. The molecule has 0 spiro atoms. The van der Waals surface area contributed by atoms with Crippen molar-refractivity contribution in [2.75, 3.05) is 6.54 Å². The zero-order chi connectivity index (χ0) is 10.6. The second-order valence-electron chi connectivity index (χ2n) is 4.42. The van der Waals surface area contributed by atoms with Crippen molar-refractivity contribution in [1.82, 2.24) is 20.1 Å². The number of nitrogens with one attached hydrogen (secondary N) is 1. The predicted molar refractivity (Wildman–Crippen MR) is 57.2 cm³/mol. The summed E-state index contributed by atoms with van der Waals surface area (Å²) in [5.74, 6) is 1.06. The van der Waals surface area contributed by atoms with Crippen LogP contribution in [-0.2, 0) is 13.0 Å². The van der Waals surface area contributed by atoms with Crippen molar-refractivity contribution in [2.24, 2.45) is 0 Å². The van der Waals surface area contributed by atoms with Gasteiger partial charge >= 0.3 is 0 Å². The fourth-order valence-corrected chi connectivity index (χ4v) is 1.30. The third-order valence-corrected chi connectivity index (χ3v) is 2.00. The maximum absolute atomic E-state index is 4.22. The van der Waals surface area contributed by atoms with Crippen molar-refractivity contribution in [3.63, 3.8) is 0 Å². The Labute approximate surface area is 85.7 Å². The van der Waals surface area contributed by atoms with Gasteiger partial charge in [0, 0.05) is 25.0 Å². The van der Waals surface area contributed by atoms with E-state index in [0.717, 1.165) is 25.3 Å². The molecule has 1 aromatic heterocycles. The van der Waals surface area contributed by atoms with E-state index >= 15 is 0 Å². The van der Waals surface area contributed by atoms with Crippen molar-refractivity contribution in [2.45, 2.75) is 46.2 Å². The van der Waals surface area contributed by atoms with Crippen molar-refractivity contribution < 1.29 is 0 Å². The molecule has 14 heavy (non-hydrogen) atoms. The van der Waals surface area contributed by atoms with E-state index in [4.69, 9.17) is 0 Å². The van der Waals surface area contributed by atoms with Gasteiger partial charge in [-0.05, 0) is 27.7 Å². The van der Waals surface area contributed by atoms with Gasteiger partial charge in [0.25, 0.3) is 0 Å². The fourth-order valence-electron chi connectivity index (χ4n) is 1.30. The molecular weight excluding hydrogens is 176 g/mol. The van der Waals surface area contributed by atoms with Crippen LogP contribution in [0.15, 0.2) is 6.33 Å². The molecule has 0 atom stereocenters. The van der Waals surface area contributed by atoms with Crippen LogP contribution in [0.4, 0.5) is 0 Å². The minimum absolute atomic E-state index is 0.178. The van der Waals surface area contributed by atoms with Gasteiger partial charge in [-0.2, -0.15) is 5.10 Å². The van der Waals surface area contributed by atoms with Crippen LogP contribution in [0, 0.1) is 0 Å². The summed E-state index contributed by atoms with van der Waals surface area (Å²) in [4.78, 5) is 4.22. The number of nitrogens with zero attached hydrogens (tertiary/aromatic N) is 3. The zero-order valence-electron chi connectivity index (χ0n) is 9.54. The van der Waals surface area contributed by atoms with Gasteiger partial charge in [-0.3, -0.25) is 4.68 Å². The smallest absolute Gasteiger partial charge is 0.138 e. The Balaban J connectivity index is 2.38. The first kappa shape index (κ1) is 11.2. The van der Waals surface area contributed by atoms with Crippen molar-refractivity contribution in [3.8, 4) is 0 Å². The summed E-state index contributed by atoms with van der Waals surface area (Å²) in [5.41, 5.74) is 0.178. The Hall–Kier alpha value is -0.900. The van der Waals surface area contributed by atoms with E-state index in [0.29, 0.717) is 0 Å². The quantitative estimate of drug-likeness (QED) is 0.787. The normalized spacial score (nSPS) is 12.0. The molecule has 0 saturated carbocycles. The molecule has 1 heterocycles. The van der Waals surface area contributed by atoms with E-state index in [1.165, 1.54) is 0 Å². The highest BCUT2D eigenvalue weighted by molar-refractivity contribution is 4.86. The molecule has 4 heteroatoms. The van der Waals surface area contributed by atoms with Gasteiger partial charge in [0.05, 0.1) is 0 Å². The summed E-state index contributed by atoms with van der Waals surface area (Å²) in [6.07, 6.45) is 2.56. The lowest BCUT2D eigenvalue weighted by molar-refractivity contribution is 0.424. The molecule has 0 aliphatic heterocycles. The Bertz CT molecular complexity index is 272. The minimum Gasteiger partial charge on any atom is -0.312 e. The van der Waals surface area contributed by atoms with Crippen molar-refractivity contribution >= 4 is 0 Å². The molecule has 80 valence electrons. The molecule has 0 aromatic carbocycles. The first-order valence-electron chi connectivity index (χ1n) is 5.14. The van der Waals surface area contributed by atoms with Crippen LogP contribution < -0.4 is 5.32 Å². The second-order valence-corrected chi connectivity index (χ2v) is 4.42. The van der Waals surface area contributed by atoms with Gasteiger partial charge in [0.15, 0.2) is 0 Å². The van der Waals surface area contributed by atoms with E-state index in [-0.39, 0.29) is 5.54 Å². The topological polar surface area (TPSA) is 42.7 Å². The second kappa shape index (κ2) is 4.55. The molecule has 1 N–H and O–H groups in total. The Kier molecular flexibility index (Phi) is 3.63. The third-order valence-electron chi connectivity index (χ3n) is 2.00. The summed E-state index contributed by atoms with van der Waals surface area (Å²) < 4.78 is 1.93.